The Morgan fingerprint density at radius 2 is 1.71 bits per heavy atom. The molecule has 0 spiro atoms. The number of nitrogens with one attached hydrogen (secondary N) is 2. The minimum absolute atomic E-state index is 0.0337. The summed E-state index contributed by atoms with van der Waals surface area (Å²) in [6.45, 7) is 0.459. The normalized spacial score (nSPS) is 12.6. The Morgan fingerprint density at radius 3 is 2.42 bits per heavy atom. The van der Waals surface area contributed by atoms with Gasteiger partial charge in [0, 0.05) is 36.2 Å². The van der Waals surface area contributed by atoms with E-state index in [2.05, 4.69) is 10.6 Å². The summed E-state index contributed by atoms with van der Waals surface area (Å²) in [6, 6.07) is 5.35. The van der Waals surface area contributed by atoms with Gasteiger partial charge in [-0.05, 0) is 25.0 Å². The molecule has 0 saturated heterocycles. The number of carboxylic acids is 1. The molecule has 1 aromatic rings. The predicted molar refractivity (Wildman–Crippen MR) is 90.8 cm³/mol. The first-order valence-corrected chi connectivity index (χ1v) is 8.49. The smallest absolute Gasteiger partial charge is 0.303 e. The van der Waals surface area contributed by atoms with Crippen LogP contribution < -0.4 is 10.6 Å². The minimum atomic E-state index is -0.740. The molecule has 0 bridgehead atoms. The maximum absolute atomic E-state index is 12.0. The summed E-state index contributed by atoms with van der Waals surface area (Å²) in [7, 11) is 0. The quantitative estimate of drug-likeness (QED) is 0.574. The molecule has 1 aliphatic rings. The summed E-state index contributed by atoms with van der Waals surface area (Å²) in [5.41, 5.74) is 2.20. The SMILES string of the molecule is O=C(O)CCCCCCCCC(=O)Nc1cccc2c1CNC2=O. The van der Waals surface area contributed by atoms with Crippen molar-refractivity contribution in [1.82, 2.24) is 5.32 Å². The number of carbonyl (C=O) groups is 3. The third-order valence-corrected chi connectivity index (χ3v) is 4.16. The fourth-order valence-electron chi connectivity index (χ4n) is 2.85. The van der Waals surface area contributed by atoms with Crippen LogP contribution in [-0.2, 0) is 16.1 Å². The zero-order valence-electron chi connectivity index (χ0n) is 13.8. The van der Waals surface area contributed by atoms with Gasteiger partial charge < -0.3 is 15.7 Å². The molecule has 0 fully saturated rings. The minimum Gasteiger partial charge on any atom is -0.481 e. The molecule has 24 heavy (non-hydrogen) atoms. The Labute approximate surface area is 141 Å². The molecular formula is C18H24N2O4. The van der Waals surface area contributed by atoms with Crippen molar-refractivity contribution in [3.05, 3.63) is 29.3 Å². The number of fused-ring (bicyclic) bond motifs is 1. The predicted octanol–water partition coefficient (Wildman–Crippen LogP) is 3.07. The maximum atomic E-state index is 12.0. The summed E-state index contributed by atoms with van der Waals surface area (Å²) in [4.78, 5) is 34.0. The first-order chi connectivity index (χ1) is 11.6. The second-order valence-corrected chi connectivity index (χ2v) is 6.08. The van der Waals surface area contributed by atoms with Crippen LogP contribution in [0.15, 0.2) is 18.2 Å². The molecule has 0 radical (unpaired) electrons. The largest absolute Gasteiger partial charge is 0.481 e. The molecule has 6 nitrogen and oxygen atoms in total. The molecule has 2 amide bonds. The molecule has 1 aromatic carbocycles. The second-order valence-electron chi connectivity index (χ2n) is 6.08. The van der Waals surface area contributed by atoms with Gasteiger partial charge in [-0.2, -0.15) is 0 Å². The van der Waals surface area contributed by atoms with Gasteiger partial charge >= 0.3 is 5.97 Å². The molecule has 0 unspecified atom stereocenters. The number of hydrogen-bond donors (Lipinski definition) is 3. The average molecular weight is 332 g/mol. The standard InChI is InChI=1S/C18H24N2O4/c21-16(10-5-3-1-2-4-6-11-17(22)23)20-15-9-7-8-13-14(15)12-19-18(13)24/h7-9H,1-6,10-12H2,(H,19,24)(H,20,21)(H,22,23). The van der Waals surface area contributed by atoms with Gasteiger partial charge in [0.25, 0.3) is 5.91 Å². The summed E-state index contributed by atoms with van der Waals surface area (Å²) in [5, 5.41) is 14.2. The first kappa shape index (κ1) is 18.0. The topological polar surface area (TPSA) is 95.5 Å². The highest BCUT2D eigenvalue weighted by Crippen LogP contribution is 2.24. The number of hydrogen-bond acceptors (Lipinski definition) is 3. The highest BCUT2D eigenvalue weighted by Gasteiger charge is 2.21. The summed E-state index contributed by atoms with van der Waals surface area (Å²) in [6.07, 6.45) is 6.16. The molecular weight excluding hydrogens is 308 g/mol. The highest BCUT2D eigenvalue weighted by molar-refractivity contribution is 6.02. The average Bonchev–Trinajstić information content (AvgIpc) is 2.92. The van der Waals surface area contributed by atoms with Crippen LogP contribution in [0.25, 0.3) is 0 Å². The van der Waals surface area contributed by atoms with Crippen LogP contribution in [0.2, 0.25) is 0 Å². The van der Waals surface area contributed by atoms with E-state index in [0.717, 1.165) is 44.1 Å². The molecule has 0 saturated carbocycles. The van der Waals surface area contributed by atoms with E-state index in [1.165, 1.54) is 0 Å². The summed E-state index contributed by atoms with van der Waals surface area (Å²) >= 11 is 0. The molecule has 0 aliphatic carbocycles. The van der Waals surface area contributed by atoms with Crippen molar-refractivity contribution in [3.63, 3.8) is 0 Å². The van der Waals surface area contributed by atoms with Crippen molar-refractivity contribution in [1.29, 1.82) is 0 Å². The molecule has 0 atom stereocenters. The molecule has 1 heterocycles. The number of aliphatic carboxylic acids is 1. The van der Waals surface area contributed by atoms with E-state index in [9.17, 15) is 14.4 Å². The van der Waals surface area contributed by atoms with Gasteiger partial charge in [0.15, 0.2) is 0 Å². The molecule has 6 heteroatoms. The number of benzene rings is 1. The fourth-order valence-corrected chi connectivity index (χ4v) is 2.85. The molecule has 3 N–H and O–H groups in total. The van der Waals surface area contributed by atoms with Crippen molar-refractivity contribution in [2.24, 2.45) is 0 Å². The monoisotopic (exact) mass is 332 g/mol. The lowest BCUT2D eigenvalue weighted by Gasteiger charge is -2.09. The van der Waals surface area contributed by atoms with Crippen LogP contribution in [0.5, 0.6) is 0 Å². The number of rotatable bonds is 10. The van der Waals surface area contributed by atoms with Gasteiger partial charge in [0.2, 0.25) is 5.91 Å². The van der Waals surface area contributed by atoms with E-state index in [4.69, 9.17) is 5.11 Å². The molecule has 1 aliphatic heterocycles. The molecule has 130 valence electrons. The highest BCUT2D eigenvalue weighted by atomic mass is 16.4. The van der Waals surface area contributed by atoms with Crippen molar-refractivity contribution in [3.8, 4) is 0 Å². The third-order valence-electron chi connectivity index (χ3n) is 4.16. The first-order valence-electron chi connectivity index (χ1n) is 8.49. The Kier molecular flexibility index (Phi) is 6.78. The number of amides is 2. The van der Waals surface area contributed by atoms with Crippen molar-refractivity contribution in [2.75, 3.05) is 5.32 Å². The number of unbranched alkanes of at least 4 members (excludes halogenated alkanes) is 5. The Hall–Kier alpha value is -2.37. The zero-order valence-corrected chi connectivity index (χ0v) is 13.8. The molecule has 0 aromatic heterocycles. The van der Waals surface area contributed by atoms with E-state index in [1.807, 2.05) is 6.07 Å². The third kappa shape index (κ3) is 5.37. The molecule has 2 rings (SSSR count). The lowest BCUT2D eigenvalue weighted by molar-refractivity contribution is -0.137. The fraction of sp³-hybridized carbons (Fsp3) is 0.500. The Bertz CT molecular complexity index is 613. The number of carbonyl (C=O) groups excluding carboxylic acids is 2. The zero-order chi connectivity index (χ0) is 17.4. The maximum Gasteiger partial charge on any atom is 0.303 e. The van der Waals surface area contributed by atoms with E-state index in [-0.39, 0.29) is 18.2 Å². The lowest BCUT2D eigenvalue weighted by Crippen LogP contribution is -2.13. The Morgan fingerprint density at radius 1 is 1.04 bits per heavy atom. The van der Waals surface area contributed by atoms with Crippen molar-refractivity contribution in [2.45, 2.75) is 57.9 Å². The van der Waals surface area contributed by atoms with E-state index < -0.39 is 5.97 Å². The van der Waals surface area contributed by atoms with Gasteiger partial charge in [-0.1, -0.05) is 31.7 Å². The van der Waals surface area contributed by atoms with Gasteiger partial charge in [0.1, 0.15) is 0 Å². The van der Waals surface area contributed by atoms with Crippen molar-refractivity contribution >= 4 is 23.5 Å². The van der Waals surface area contributed by atoms with E-state index in [1.54, 1.807) is 12.1 Å². The summed E-state index contributed by atoms with van der Waals surface area (Å²) < 4.78 is 0. The second kappa shape index (κ2) is 9.05. The van der Waals surface area contributed by atoms with Crippen LogP contribution in [0.1, 0.15) is 67.3 Å². The van der Waals surface area contributed by atoms with Gasteiger partial charge in [-0.25, -0.2) is 0 Å². The Balaban J connectivity index is 1.63. The van der Waals surface area contributed by atoms with Gasteiger partial charge in [-0.3, -0.25) is 14.4 Å². The lowest BCUT2D eigenvalue weighted by atomic mass is 10.1. The van der Waals surface area contributed by atoms with E-state index >= 15 is 0 Å². The van der Waals surface area contributed by atoms with Gasteiger partial charge in [0.05, 0.1) is 0 Å². The van der Waals surface area contributed by atoms with Crippen molar-refractivity contribution < 1.29 is 19.5 Å². The van der Waals surface area contributed by atoms with E-state index in [0.29, 0.717) is 24.2 Å². The van der Waals surface area contributed by atoms with Crippen LogP contribution in [0.4, 0.5) is 5.69 Å². The summed E-state index contributed by atoms with van der Waals surface area (Å²) in [5.74, 6) is -0.867. The van der Waals surface area contributed by atoms with Crippen LogP contribution >= 0.6 is 0 Å². The van der Waals surface area contributed by atoms with Gasteiger partial charge in [-0.15, -0.1) is 0 Å². The number of carboxylic acid groups (broad SMARTS) is 1. The van der Waals surface area contributed by atoms with Crippen LogP contribution in [-0.4, -0.2) is 22.9 Å². The van der Waals surface area contributed by atoms with Crippen LogP contribution in [0, 0.1) is 0 Å². The number of anilines is 1. The van der Waals surface area contributed by atoms with Crippen LogP contribution in [0.3, 0.4) is 0 Å².